The molecule has 0 saturated carbocycles. The van der Waals surface area contributed by atoms with E-state index in [1.807, 2.05) is 0 Å². The monoisotopic (exact) mass is 246 g/mol. The highest BCUT2D eigenvalue weighted by Gasteiger charge is 2.07. The van der Waals surface area contributed by atoms with E-state index in [2.05, 4.69) is 15.3 Å². The zero-order chi connectivity index (χ0) is 13.0. The summed E-state index contributed by atoms with van der Waals surface area (Å²) in [5.74, 6) is 0.965. The predicted molar refractivity (Wildman–Crippen MR) is 67.4 cm³/mol. The standard InChI is InChI=1S/C12H14N4O2/c1-18-10-3-2-8(12(13)17)6-9(10)16-7-11-14-4-5-15-11/h2-6,16H,7H2,1H3,(H2,13,17)(H,14,15). The molecule has 0 aliphatic rings. The number of aromatic amines is 1. The van der Waals surface area contributed by atoms with E-state index in [9.17, 15) is 4.79 Å². The fourth-order valence-electron chi connectivity index (χ4n) is 1.57. The Morgan fingerprint density at radius 1 is 1.56 bits per heavy atom. The summed E-state index contributed by atoms with van der Waals surface area (Å²) in [5, 5.41) is 3.14. The molecule has 0 saturated heterocycles. The Bertz CT molecular complexity index is 537. The molecule has 1 aromatic carbocycles. The number of methoxy groups -OCH3 is 1. The van der Waals surface area contributed by atoms with Crippen LogP contribution < -0.4 is 15.8 Å². The number of H-pyrrole nitrogens is 1. The molecule has 18 heavy (non-hydrogen) atoms. The average Bonchev–Trinajstić information content (AvgIpc) is 2.89. The highest BCUT2D eigenvalue weighted by Crippen LogP contribution is 2.25. The normalized spacial score (nSPS) is 10.1. The molecule has 4 N–H and O–H groups in total. The molecule has 0 radical (unpaired) electrons. The van der Waals surface area contributed by atoms with Crippen LogP contribution in [0.4, 0.5) is 5.69 Å². The van der Waals surface area contributed by atoms with Crippen molar-refractivity contribution in [3.05, 3.63) is 42.0 Å². The van der Waals surface area contributed by atoms with Gasteiger partial charge in [0.05, 0.1) is 19.3 Å². The third-order valence-electron chi connectivity index (χ3n) is 2.49. The molecular formula is C12H14N4O2. The van der Waals surface area contributed by atoms with E-state index in [4.69, 9.17) is 10.5 Å². The fraction of sp³-hybridized carbons (Fsp3) is 0.167. The summed E-state index contributed by atoms with van der Waals surface area (Å²) in [6.07, 6.45) is 3.42. The number of carbonyl (C=O) groups excluding carboxylic acids is 1. The van der Waals surface area contributed by atoms with Gasteiger partial charge in [0.1, 0.15) is 11.6 Å². The summed E-state index contributed by atoms with van der Waals surface area (Å²) < 4.78 is 5.20. The van der Waals surface area contributed by atoms with Crippen molar-refractivity contribution in [3.63, 3.8) is 0 Å². The number of hydrogen-bond donors (Lipinski definition) is 3. The van der Waals surface area contributed by atoms with E-state index >= 15 is 0 Å². The molecule has 6 heteroatoms. The molecule has 2 rings (SSSR count). The minimum Gasteiger partial charge on any atom is -0.495 e. The van der Waals surface area contributed by atoms with Crippen LogP contribution in [-0.4, -0.2) is 23.0 Å². The molecule has 0 fully saturated rings. The Hall–Kier alpha value is -2.50. The summed E-state index contributed by atoms with van der Waals surface area (Å²) in [5.41, 5.74) is 6.37. The van der Waals surface area contributed by atoms with Crippen molar-refractivity contribution in [2.24, 2.45) is 5.73 Å². The van der Waals surface area contributed by atoms with Gasteiger partial charge in [-0.2, -0.15) is 0 Å². The first-order valence-corrected chi connectivity index (χ1v) is 5.40. The Morgan fingerprint density at radius 2 is 2.39 bits per heavy atom. The summed E-state index contributed by atoms with van der Waals surface area (Å²) >= 11 is 0. The minimum atomic E-state index is -0.473. The Balaban J connectivity index is 2.18. The number of carbonyl (C=O) groups is 1. The van der Waals surface area contributed by atoms with Gasteiger partial charge in [-0.15, -0.1) is 0 Å². The van der Waals surface area contributed by atoms with E-state index in [0.717, 1.165) is 5.82 Å². The van der Waals surface area contributed by atoms with E-state index in [-0.39, 0.29) is 0 Å². The van der Waals surface area contributed by atoms with E-state index in [0.29, 0.717) is 23.5 Å². The lowest BCUT2D eigenvalue weighted by Gasteiger charge is -2.11. The van der Waals surface area contributed by atoms with Gasteiger partial charge in [0.2, 0.25) is 5.91 Å². The number of nitrogens with zero attached hydrogens (tertiary/aromatic N) is 1. The van der Waals surface area contributed by atoms with E-state index in [1.165, 1.54) is 0 Å². The van der Waals surface area contributed by atoms with E-state index in [1.54, 1.807) is 37.7 Å². The molecule has 0 aliphatic heterocycles. The number of primary amides is 1. The van der Waals surface area contributed by atoms with Gasteiger partial charge in [-0.05, 0) is 18.2 Å². The second-order valence-corrected chi connectivity index (χ2v) is 3.67. The smallest absolute Gasteiger partial charge is 0.248 e. The number of anilines is 1. The highest BCUT2D eigenvalue weighted by molar-refractivity contribution is 5.94. The quantitative estimate of drug-likeness (QED) is 0.737. The van der Waals surface area contributed by atoms with Gasteiger partial charge in [-0.25, -0.2) is 4.98 Å². The van der Waals surface area contributed by atoms with Gasteiger partial charge in [-0.1, -0.05) is 0 Å². The van der Waals surface area contributed by atoms with Crippen molar-refractivity contribution < 1.29 is 9.53 Å². The van der Waals surface area contributed by atoms with Gasteiger partial charge in [0.25, 0.3) is 0 Å². The molecule has 6 nitrogen and oxygen atoms in total. The second kappa shape index (κ2) is 5.22. The first kappa shape index (κ1) is 12.0. The molecule has 1 aromatic heterocycles. The third kappa shape index (κ3) is 2.60. The van der Waals surface area contributed by atoms with Gasteiger partial charge < -0.3 is 20.8 Å². The topological polar surface area (TPSA) is 93.0 Å². The molecule has 2 aromatic rings. The largest absolute Gasteiger partial charge is 0.495 e. The number of aromatic nitrogens is 2. The lowest BCUT2D eigenvalue weighted by molar-refractivity contribution is 0.100. The number of imidazole rings is 1. The number of hydrogen-bond acceptors (Lipinski definition) is 4. The Labute approximate surface area is 104 Å². The van der Waals surface area contributed by atoms with Crippen LogP contribution in [-0.2, 0) is 6.54 Å². The SMILES string of the molecule is COc1ccc(C(N)=O)cc1NCc1ncc[nH]1. The summed E-state index contributed by atoms with van der Waals surface area (Å²) in [4.78, 5) is 18.2. The van der Waals surface area contributed by atoms with Crippen LogP contribution in [0.15, 0.2) is 30.6 Å². The number of ether oxygens (including phenoxy) is 1. The second-order valence-electron chi connectivity index (χ2n) is 3.67. The van der Waals surface area contributed by atoms with Crippen LogP contribution in [0, 0.1) is 0 Å². The molecule has 1 heterocycles. The third-order valence-corrected chi connectivity index (χ3v) is 2.49. The lowest BCUT2D eigenvalue weighted by atomic mass is 10.1. The first-order chi connectivity index (χ1) is 8.70. The van der Waals surface area contributed by atoms with Gasteiger partial charge >= 0.3 is 0 Å². The van der Waals surface area contributed by atoms with Gasteiger partial charge in [0.15, 0.2) is 0 Å². The van der Waals surface area contributed by atoms with Gasteiger partial charge in [-0.3, -0.25) is 4.79 Å². The maximum atomic E-state index is 11.1. The van der Waals surface area contributed by atoms with E-state index < -0.39 is 5.91 Å². The number of amides is 1. The zero-order valence-corrected chi connectivity index (χ0v) is 9.93. The van der Waals surface area contributed by atoms with Crippen LogP contribution in [0.2, 0.25) is 0 Å². The van der Waals surface area contributed by atoms with Gasteiger partial charge in [0, 0.05) is 18.0 Å². The molecule has 94 valence electrons. The maximum absolute atomic E-state index is 11.1. The van der Waals surface area contributed by atoms with Crippen LogP contribution in [0.1, 0.15) is 16.2 Å². The van der Waals surface area contributed by atoms with Crippen molar-refractivity contribution in [2.75, 3.05) is 12.4 Å². The summed E-state index contributed by atoms with van der Waals surface area (Å²) in [6, 6.07) is 4.98. The number of nitrogens with two attached hydrogens (primary N) is 1. The van der Waals surface area contributed by atoms with Crippen molar-refractivity contribution in [1.82, 2.24) is 9.97 Å². The van der Waals surface area contributed by atoms with Crippen LogP contribution in [0.3, 0.4) is 0 Å². The van der Waals surface area contributed by atoms with Crippen LogP contribution in [0.5, 0.6) is 5.75 Å². The molecule has 0 bridgehead atoms. The number of benzene rings is 1. The van der Waals surface area contributed by atoms with Crippen molar-refractivity contribution in [3.8, 4) is 5.75 Å². The lowest BCUT2D eigenvalue weighted by Crippen LogP contribution is -2.12. The molecule has 1 amide bonds. The molecular weight excluding hydrogens is 232 g/mol. The molecule has 0 unspecified atom stereocenters. The van der Waals surface area contributed by atoms with Crippen molar-refractivity contribution in [2.45, 2.75) is 6.54 Å². The fourth-order valence-corrected chi connectivity index (χ4v) is 1.57. The molecule has 0 aliphatic carbocycles. The van der Waals surface area contributed by atoms with Crippen LogP contribution in [0.25, 0.3) is 0 Å². The van der Waals surface area contributed by atoms with Crippen molar-refractivity contribution >= 4 is 11.6 Å². The number of rotatable bonds is 5. The zero-order valence-electron chi connectivity index (χ0n) is 9.93. The summed E-state index contributed by atoms with van der Waals surface area (Å²) in [7, 11) is 1.57. The highest BCUT2D eigenvalue weighted by atomic mass is 16.5. The first-order valence-electron chi connectivity index (χ1n) is 5.40. The Morgan fingerprint density at radius 3 is 3.00 bits per heavy atom. The minimum absolute atomic E-state index is 0.428. The average molecular weight is 246 g/mol. The van der Waals surface area contributed by atoms with Crippen molar-refractivity contribution in [1.29, 1.82) is 0 Å². The summed E-state index contributed by atoms with van der Waals surface area (Å²) in [6.45, 7) is 0.506. The Kier molecular flexibility index (Phi) is 3.47. The van der Waals surface area contributed by atoms with Crippen LogP contribution >= 0.6 is 0 Å². The number of nitrogens with one attached hydrogen (secondary N) is 2. The maximum Gasteiger partial charge on any atom is 0.248 e. The molecule has 0 spiro atoms. The predicted octanol–water partition coefficient (Wildman–Crippen LogP) is 1.13. The molecule has 0 atom stereocenters.